The Hall–Kier alpha value is -3.54. The van der Waals surface area contributed by atoms with Crippen LogP contribution in [0.3, 0.4) is 0 Å². The maximum atomic E-state index is 13.8. The first kappa shape index (κ1) is 33.7. The molecule has 0 aliphatic heterocycles. The summed E-state index contributed by atoms with van der Waals surface area (Å²) in [6.45, 7) is 7.40. The predicted octanol–water partition coefficient (Wildman–Crippen LogP) is 5.55. The van der Waals surface area contributed by atoms with Gasteiger partial charge >= 0.3 is 12.1 Å². The van der Waals surface area contributed by atoms with Crippen LogP contribution in [0.4, 0.5) is 4.79 Å². The number of benzene rings is 2. The lowest BCUT2D eigenvalue weighted by atomic mass is 9.97. The van der Waals surface area contributed by atoms with E-state index in [4.69, 9.17) is 18.9 Å². The van der Waals surface area contributed by atoms with Crippen LogP contribution in [0.2, 0.25) is 0 Å². The largest absolute Gasteiger partial charge is 0.496 e. The number of nitrogens with one attached hydrogen (secondary N) is 1. The molecular formula is C31H39IN2O7. The summed E-state index contributed by atoms with van der Waals surface area (Å²) >= 11 is 2.11. The molecule has 1 N–H and O–H groups in total. The van der Waals surface area contributed by atoms with Gasteiger partial charge in [-0.1, -0.05) is 85.8 Å². The predicted molar refractivity (Wildman–Crippen MR) is 167 cm³/mol. The number of rotatable bonds is 15. The minimum absolute atomic E-state index is 0.0208. The molecule has 0 aromatic heterocycles. The molecule has 0 aliphatic carbocycles. The smallest absolute Gasteiger partial charge is 0.410 e. The Morgan fingerprint density at radius 3 is 2.34 bits per heavy atom. The summed E-state index contributed by atoms with van der Waals surface area (Å²) in [7, 11) is 4.58. The fraction of sp³-hybridized carbons (Fsp3) is 0.387. The summed E-state index contributed by atoms with van der Waals surface area (Å²) in [6.07, 6.45) is 3.33. The molecule has 222 valence electrons. The number of esters is 1. The van der Waals surface area contributed by atoms with E-state index in [1.165, 1.54) is 25.1 Å². The summed E-state index contributed by atoms with van der Waals surface area (Å²) in [5, 5.41) is 2.83. The minimum atomic E-state index is -1.05. The summed E-state index contributed by atoms with van der Waals surface area (Å²) in [5.74, 6) is -0.244. The van der Waals surface area contributed by atoms with Crippen molar-refractivity contribution in [2.45, 2.75) is 45.4 Å². The van der Waals surface area contributed by atoms with Crippen LogP contribution in [0.15, 0.2) is 59.2 Å². The van der Waals surface area contributed by atoms with Gasteiger partial charge in [0.25, 0.3) is 0 Å². The quantitative estimate of drug-likeness (QED) is 0.150. The molecule has 3 atom stereocenters. The molecule has 2 rings (SSSR count). The zero-order valence-electron chi connectivity index (χ0n) is 24.2. The van der Waals surface area contributed by atoms with Gasteiger partial charge in [-0.25, -0.2) is 9.59 Å². The molecule has 0 aliphatic rings. The summed E-state index contributed by atoms with van der Waals surface area (Å²) < 4.78 is 23.7. The van der Waals surface area contributed by atoms with E-state index in [0.29, 0.717) is 23.5 Å². The molecule has 0 saturated carbocycles. The van der Waals surface area contributed by atoms with E-state index in [1.54, 1.807) is 13.2 Å². The van der Waals surface area contributed by atoms with Crippen molar-refractivity contribution in [1.29, 1.82) is 0 Å². The lowest BCUT2D eigenvalue weighted by molar-refractivity contribution is -0.148. The zero-order chi connectivity index (χ0) is 30.4. The second kappa shape index (κ2) is 17.3. The molecule has 0 heterocycles. The third kappa shape index (κ3) is 9.80. The van der Waals surface area contributed by atoms with Crippen molar-refractivity contribution >= 4 is 46.6 Å². The Morgan fingerprint density at radius 2 is 1.76 bits per heavy atom. The monoisotopic (exact) mass is 678 g/mol. The number of nitrogens with zero attached hydrogens (tertiary/aromatic N) is 1. The number of carbonyl (C=O) groups is 3. The molecule has 0 saturated heterocycles. The lowest BCUT2D eigenvalue weighted by Crippen LogP contribution is -2.55. The number of hydrogen-bond donors (Lipinski definition) is 1. The van der Waals surface area contributed by atoms with Gasteiger partial charge in [0.05, 0.1) is 14.2 Å². The number of carbonyl (C=O) groups excluding carboxylic acids is 3. The molecule has 0 unspecified atom stereocenters. The lowest BCUT2D eigenvalue weighted by Gasteiger charge is -2.30. The fourth-order valence-corrected chi connectivity index (χ4v) is 4.45. The highest BCUT2D eigenvalue weighted by Crippen LogP contribution is 2.32. The Balaban J connectivity index is 2.45. The van der Waals surface area contributed by atoms with Gasteiger partial charge in [0, 0.05) is 25.1 Å². The van der Waals surface area contributed by atoms with Gasteiger partial charge in [-0.3, -0.25) is 9.69 Å². The van der Waals surface area contributed by atoms with Gasteiger partial charge in [0.15, 0.2) is 0 Å². The van der Waals surface area contributed by atoms with E-state index < -0.39 is 30.1 Å². The number of ether oxygens (including phenoxy) is 4. The van der Waals surface area contributed by atoms with Crippen LogP contribution < -0.4 is 14.8 Å². The van der Waals surface area contributed by atoms with Gasteiger partial charge in [-0.15, -0.1) is 0 Å². The van der Waals surface area contributed by atoms with Crippen molar-refractivity contribution in [3.05, 3.63) is 75.9 Å². The van der Waals surface area contributed by atoms with Crippen LogP contribution in [-0.4, -0.2) is 62.8 Å². The Morgan fingerprint density at radius 1 is 1.07 bits per heavy atom. The Kier molecular flexibility index (Phi) is 14.2. The molecule has 0 bridgehead atoms. The van der Waals surface area contributed by atoms with Gasteiger partial charge in [0.1, 0.15) is 36.8 Å². The van der Waals surface area contributed by atoms with Crippen molar-refractivity contribution in [3.63, 3.8) is 0 Å². The summed E-state index contributed by atoms with van der Waals surface area (Å²) in [5.41, 5.74) is 2.25. The molecule has 2 aromatic rings. The van der Waals surface area contributed by atoms with E-state index in [9.17, 15) is 14.4 Å². The second-order valence-corrected chi connectivity index (χ2v) is 10.1. The highest BCUT2D eigenvalue weighted by atomic mass is 127. The minimum Gasteiger partial charge on any atom is -0.496 e. The zero-order valence-corrected chi connectivity index (χ0v) is 26.4. The molecule has 2 amide bonds. The number of amides is 2. The molecule has 0 fully saturated rings. The topological polar surface area (TPSA) is 103 Å². The Labute approximate surface area is 256 Å². The number of methoxy groups -OCH3 is 2. The van der Waals surface area contributed by atoms with Gasteiger partial charge in [-0.2, -0.15) is 0 Å². The molecule has 9 nitrogen and oxygen atoms in total. The first-order valence-corrected chi connectivity index (χ1v) is 14.5. The normalized spacial score (nSPS) is 13.0. The van der Waals surface area contributed by atoms with E-state index in [1.807, 2.05) is 60.4 Å². The second-order valence-electron chi connectivity index (χ2n) is 9.36. The summed E-state index contributed by atoms with van der Waals surface area (Å²) in [6, 6.07) is 10.9. The van der Waals surface area contributed by atoms with Crippen LogP contribution in [0.5, 0.6) is 11.5 Å². The highest BCUT2D eigenvalue weighted by Gasteiger charge is 2.34. The van der Waals surface area contributed by atoms with Crippen molar-refractivity contribution in [2.24, 2.45) is 5.92 Å². The third-order valence-corrected chi connectivity index (χ3v) is 7.02. The van der Waals surface area contributed by atoms with Crippen LogP contribution in [0.25, 0.3) is 6.08 Å². The average Bonchev–Trinajstić information content (AvgIpc) is 2.99. The SMILES string of the molecule is C=CCOC(=O)[C@@H](NC(=O)[C@H](Cc1cc(/C=C\I)c(OC)cc1OC)N(C)C(=O)OCc1ccccc1)[C@@H](C)CC. The van der Waals surface area contributed by atoms with Crippen molar-refractivity contribution in [3.8, 4) is 11.5 Å². The van der Waals surface area contributed by atoms with E-state index in [0.717, 1.165) is 11.1 Å². The van der Waals surface area contributed by atoms with E-state index >= 15 is 0 Å². The molecule has 10 heteroatoms. The van der Waals surface area contributed by atoms with Crippen molar-refractivity contribution in [1.82, 2.24) is 10.2 Å². The van der Waals surface area contributed by atoms with Crippen LogP contribution in [-0.2, 0) is 32.1 Å². The highest BCUT2D eigenvalue weighted by molar-refractivity contribution is 14.1. The average molecular weight is 679 g/mol. The molecule has 2 aromatic carbocycles. The Bertz CT molecular complexity index is 1200. The van der Waals surface area contributed by atoms with Gasteiger partial charge in [-0.05, 0) is 33.3 Å². The van der Waals surface area contributed by atoms with Crippen molar-refractivity contribution < 1.29 is 33.3 Å². The molecular weight excluding hydrogens is 639 g/mol. The van der Waals surface area contributed by atoms with Crippen LogP contribution in [0, 0.1) is 5.92 Å². The van der Waals surface area contributed by atoms with Gasteiger partial charge < -0.3 is 24.3 Å². The first-order valence-electron chi connectivity index (χ1n) is 13.2. The van der Waals surface area contributed by atoms with E-state index in [2.05, 4.69) is 34.5 Å². The standard InChI is InChI=1S/C31H39IN2O7/c1-7-16-40-30(36)28(21(3)8-2)33-29(35)25(34(4)31(37)41-20-22-12-10-9-11-13-22)18-24-17-23(14-15-32)26(38-5)19-27(24)39-6/h7,9-15,17,19,21,25,28H,1,8,16,18,20H2,2-6H3,(H,33,35)/b15-14-/t21-,25-,28-/m0/s1. The van der Waals surface area contributed by atoms with Gasteiger partial charge in [0.2, 0.25) is 5.91 Å². The number of halogens is 1. The van der Waals surface area contributed by atoms with E-state index in [-0.39, 0.29) is 25.6 Å². The fourth-order valence-electron chi connectivity index (χ4n) is 4.06. The molecule has 0 radical (unpaired) electrons. The first-order chi connectivity index (χ1) is 19.7. The number of likely N-dealkylation sites (N-methyl/N-ethyl adjacent to an activating group) is 1. The van der Waals surface area contributed by atoms with Crippen LogP contribution in [0.1, 0.15) is 37.0 Å². The number of hydrogen-bond acceptors (Lipinski definition) is 7. The molecule has 0 spiro atoms. The van der Waals surface area contributed by atoms with Crippen molar-refractivity contribution in [2.75, 3.05) is 27.9 Å². The maximum Gasteiger partial charge on any atom is 0.410 e. The summed E-state index contributed by atoms with van der Waals surface area (Å²) in [4.78, 5) is 41.1. The maximum absolute atomic E-state index is 13.8. The molecule has 41 heavy (non-hydrogen) atoms. The third-order valence-electron chi connectivity index (χ3n) is 6.66. The van der Waals surface area contributed by atoms with Crippen LogP contribution >= 0.6 is 22.6 Å².